The molecule has 2 heterocycles. The minimum absolute atomic E-state index is 0.316. The number of hydrogen-bond acceptors (Lipinski definition) is 4. The summed E-state index contributed by atoms with van der Waals surface area (Å²) in [5.41, 5.74) is 0.587. The van der Waals surface area contributed by atoms with Gasteiger partial charge in [-0.25, -0.2) is 14.7 Å². The number of carbonyl (C=O) groups excluding carboxylic acids is 1. The molecular formula is C16H14N2O2S. The number of rotatable bonds is 1. The predicted octanol–water partition coefficient (Wildman–Crippen LogP) is 4.18. The fraction of sp³-hybridized carbons (Fsp3) is 0.250. The average Bonchev–Trinajstić information content (AvgIpc) is 2.99. The lowest BCUT2D eigenvalue weighted by Gasteiger charge is -2.24. The van der Waals surface area contributed by atoms with Crippen molar-refractivity contribution in [2.24, 2.45) is 0 Å². The lowest BCUT2D eigenvalue weighted by molar-refractivity contribution is 0.175. The molecule has 21 heavy (non-hydrogen) atoms. The Kier molecular flexibility index (Phi) is 2.50. The largest absolute Gasteiger partial charge is 0.447 e. The van der Waals surface area contributed by atoms with E-state index in [0.29, 0.717) is 11.7 Å². The first-order valence-electron chi connectivity index (χ1n) is 6.81. The maximum atomic E-state index is 12.0. The number of aromatic nitrogens is 1. The van der Waals surface area contributed by atoms with Crippen LogP contribution in [0.5, 0.6) is 0 Å². The van der Waals surface area contributed by atoms with Gasteiger partial charge in [0.25, 0.3) is 0 Å². The monoisotopic (exact) mass is 298 g/mol. The van der Waals surface area contributed by atoms with E-state index in [2.05, 4.69) is 24.3 Å². The molecule has 0 radical (unpaired) electrons. The normalized spacial score (nSPS) is 17.6. The van der Waals surface area contributed by atoms with E-state index in [4.69, 9.17) is 9.72 Å². The zero-order chi connectivity index (χ0) is 14.6. The van der Waals surface area contributed by atoms with Gasteiger partial charge in [-0.1, -0.05) is 41.7 Å². The molecule has 106 valence electrons. The standard InChI is InChI=1S/C16H14N2O2S/c1-16(2)9-20-15(19)18(16)14-17-13-11-6-4-3-5-10(11)7-8-12(13)21-14/h3-8H,9H2,1-2H3. The number of hydrogen-bond donors (Lipinski definition) is 0. The van der Waals surface area contributed by atoms with Crippen LogP contribution in [0.2, 0.25) is 0 Å². The summed E-state index contributed by atoms with van der Waals surface area (Å²) in [5.74, 6) is 0. The van der Waals surface area contributed by atoms with E-state index in [1.165, 1.54) is 11.3 Å². The minimum atomic E-state index is -0.360. The highest BCUT2D eigenvalue weighted by Gasteiger charge is 2.42. The Bertz CT molecular complexity index is 869. The Morgan fingerprint density at radius 3 is 2.81 bits per heavy atom. The molecule has 0 aliphatic carbocycles. The minimum Gasteiger partial charge on any atom is -0.447 e. The molecule has 0 unspecified atom stereocenters. The fourth-order valence-electron chi connectivity index (χ4n) is 2.70. The highest BCUT2D eigenvalue weighted by molar-refractivity contribution is 7.22. The van der Waals surface area contributed by atoms with Crippen molar-refractivity contribution in [3.8, 4) is 0 Å². The Morgan fingerprint density at radius 2 is 2.05 bits per heavy atom. The van der Waals surface area contributed by atoms with Crippen LogP contribution in [-0.2, 0) is 4.74 Å². The molecule has 4 nitrogen and oxygen atoms in total. The number of fused-ring (bicyclic) bond motifs is 3. The van der Waals surface area contributed by atoms with Crippen molar-refractivity contribution in [2.45, 2.75) is 19.4 Å². The second-order valence-electron chi connectivity index (χ2n) is 5.83. The van der Waals surface area contributed by atoms with Gasteiger partial charge in [0.2, 0.25) is 0 Å². The van der Waals surface area contributed by atoms with Crippen LogP contribution < -0.4 is 4.90 Å². The van der Waals surface area contributed by atoms with Gasteiger partial charge in [0, 0.05) is 5.39 Å². The zero-order valence-corrected chi connectivity index (χ0v) is 12.6. The number of benzene rings is 2. The average molecular weight is 298 g/mol. The number of anilines is 1. The van der Waals surface area contributed by atoms with Crippen molar-refractivity contribution in [3.63, 3.8) is 0 Å². The zero-order valence-electron chi connectivity index (χ0n) is 11.8. The number of amides is 1. The molecule has 1 aliphatic heterocycles. The van der Waals surface area contributed by atoms with Crippen LogP contribution in [0.25, 0.3) is 21.0 Å². The van der Waals surface area contributed by atoms with E-state index in [1.54, 1.807) is 4.90 Å². The topological polar surface area (TPSA) is 42.4 Å². The van der Waals surface area contributed by atoms with Crippen LogP contribution >= 0.6 is 11.3 Å². The lowest BCUT2D eigenvalue weighted by Crippen LogP contribution is -2.41. The molecule has 0 bridgehead atoms. The van der Waals surface area contributed by atoms with Gasteiger partial charge < -0.3 is 4.74 Å². The predicted molar refractivity (Wildman–Crippen MR) is 85.0 cm³/mol. The molecule has 0 N–H and O–H groups in total. The molecular weight excluding hydrogens is 284 g/mol. The van der Waals surface area contributed by atoms with Gasteiger partial charge >= 0.3 is 6.09 Å². The quantitative estimate of drug-likeness (QED) is 0.676. The molecule has 1 amide bonds. The van der Waals surface area contributed by atoms with Gasteiger partial charge in [-0.05, 0) is 25.3 Å². The molecule has 0 spiro atoms. The number of nitrogens with zero attached hydrogens (tertiary/aromatic N) is 2. The first kappa shape index (κ1) is 12.6. The highest BCUT2D eigenvalue weighted by atomic mass is 32.1. The van der Waals surface area contributed by atoms with Crippen molar-refractivity contribution in [1.29, 1.82) is 0 Å². The van der Waals surface area contributed by atoms with Crippen molar-refractivity contribution in [3.05, 3.63) is 36.4 Å². The van der Waals surface area contributed by atoms with E-state index in [-0.39, 0.29) is 11.6 Å². The third-order valence-corrected chi connectivity index (χ3v) is 4.81. The van der Waals surface area contributed by atoms with E-state index >= 15 is 0 Å². The van der Waals surface area contributed by atoms with Gasteiger partial charge in [0.15, 0.2) is 5.13 Å². The van der Waals surface area contributed by atoms with E-state index < -0.39 is 0 Å². The second-order valence-corrected chi connectivity index (χ2v) is 6.84. The first-order valence-corrected chi connectivity index (χ1v) is 7.63. The number of carbonyl (C=O) groups is 1. The van der Waals surface area contributed by atoms with Crippen molar-refractivity contribution in [2.75, 3.05) is 11.5 Å². The molecule has 5 heteroatoms. The summed E-state index contributed by atoms with van der Waals surface area (Å²) in [5, 5.41) is 2.97. The van der Waals surface area contributed by atoms with Crippen molar-refractivity contribution in [1.82, 2.24) is 4.98 Å². The van der Waals surface area contributed by atoms with Gasteiger partial charge in [-0.3, -0.25) is 0 Å². The van der Waals surface area contributed by atoms with Crippen LogP contribution in [0, 0.1) is 0 Å². The van der Waals surface area contributed by atoms with Crippen LogP contribution in [0.1, 0.15) is 13.8 Å². The summed E-state index contributed by atoms with van der Waals surface area (Å²) >= 11 is 1.53. The van der Waals surface area contributed by atoms with Gasteiger partial charge in [0.1, 0.15) is 6.61 Å². The van der Waals surface area contributed by atoms with E-state index in [9.17, 15) is 4.79 Å². The number of thiazole rings is 1. The maximum Gasteiger partial charge on any atom is 0.416 e. The van der Waals surface area contributed by atoms with Crippen molar-refractivity contribution >= 4 is 43.6 Å². The Morgan fingerprint density at radius 1 is 1.24 bits per heavy atom. The smallest absolute Gasteiger partial charge is 0.416 e. The fourth-order valence-corrected chi connectivity index (χ4v) is 3.83. The lowest BCUT2D eigenvalue weighted by atomic mass is 10.1. The summed E-state index contributed by atoms with van der Waals surface area (Å²) in [7, 11) is 0. The highest BCUT2D eigenvalue weighted by Crippen LogP contribution is 2.38. The van der Waals surface area contributed by atoms with Crippen LogP contribution in [0.15, 0.2) is 36.4 Å². The molecule has 1 saturated heterocycles. The van der Waals surface area contributed by atoms with Gasteiger partial charge in [-0.15, -0.1) is 0 Å². The summed E-state index contributed by atoms with van der Waals surface area (Å²) in [6.07, 6.45) is -0.316. The molecule has 1 aliphatic rings. The summed E-state index contributed by atoms with van der Waals surface area (Å²) in [4.78, 5) is 18.4. The van der Waals surface area contributed by atoms with Gasteiger partial charge in [0.05, 0.1) is 15.8 Å². The Hall–Kier alpha value is -2.14. The van der Waals surface area contributed by atoms with Crippen molar-refractivity contribution < 1.29 is 9.53 Å². The Labute approximate surface area is 126 Å². The van der Waals surface area contributed by atoms with E-state index in [0.717, 1.165) is 21.0 Å². The second kappa shape index (κ2) is 4.18. The molecule has 0 atom stereocenters. The van der Waals surface area contributed by atoms with Crippen LogP contribution in [0.4, 0.5) is 9.93 Å². The van der Waals surface area contributed by atoms with E-state index in [1.807, 2.05) is 26.0 Å². The maximum absolute atomic E-state index is 12.0. The summed E-state index contributed by atoms with van der Waals surface area (Å²) in [6, 6.07) is 12.3. The third-order valence-electron chi connectivity index (χ3n) is 3.80. The summed E-state index contributed by atoms with van der Waals surface area (Å²) in [6.45, 7) is 4.37. The summed E-state index contributed by atoms with van der Waals surface area (Å²) < 4.78 is 6.25. The molecule has 3 aromatic rings. The number of ether oxygens (including phenoxy) is 1. The Balaban J connectivity index is 1.95. The number of cyclic esters (lactones) is 1. The molecule has 1 aromatic heterocycles. The third kappa shape index (κ3) is 1.81. The molecule has 2 aromatic carbocycles. The van der Waals surface area contributed by atoms with Crippen LogP contribution in [0.3, 0.4) is 0 Å². The van der Waals surface area contributed by atoms with Gasteiger partial charge in [-0.2, -0.15) is 0 Å². The molecule has 4 rings (SSSR count). The molecule has 0 saturated carbocycles. The first-order chi connectivity index (χ1) is 10.1. The molecule has 1 fully saturated rings. The SMILES string of the molecule is CC1(C)COC(=O)N1c1nc2c(ccc3ccccc32)s1. The van der Waals surface area contributed by atoms with Crippen LogP contribution in [-0.4, -0.2) is 23.2 Å².